The van der Waals surface area contributed by atoms with Gasteiger partial charge in [0.15, 0.2) is 11.6 Å². The second-order valence-electron chi connectivity index (χ2n) is 8.46. The summed E-state index contributed by atoms with van der Waals surface area (Å²) in [4.78, 5) is 34.2. The average molecular weight is 437 g/mol. The van der Waals surface area contributed by atoms with Gasteiger partial charge in [-0.05, 0) is 44.4 Å². The van der Waals surface area contributed by atoms with Crippen LogP contribution in [0.3, 0.4) is 0 Å². The van der Waals surface area contributed by atoms with Crippen LogP contribution in [0.5, 0.6) is 5.75 Å². The number of ether oxygens (including phenoxy) is 1. The first-order chi connectivity index (χ1) is 15.7. The molecule has 1 aromatic heterocycles. The summed E-state index contributed by atoms with van der Waals surface area (Å²) in [5.41, 5.74) is 0.754. The van der Waals surface area contributed by atoms with Crippen molar-refractivity contribution in [3.05, 3.63) is 54.2 Å². The van der Waals surface area contributed by atoms with Crippen molar-refractivity contribution in [3.63, 3.8) is 0 Å². The van der Waals surface area contributed by atoms with Crippen LogP contribution < -0.4 is 15.0 Å². The van der Waals surface area contributed by atoms with Gasteiger partial charge in [0.05, 0.1) is 0 Å². The number of hydrogen-bond donors (Lipinski definition) is 1. The molecule has 2 aliphatic heterocycles. The highest BCUT2D eigenvalue weighted by Gasteiger charge is 2.37. The minimum absolute atomic E-state index is 0.0726. The number of likely N-dealkylation sites (tertiary alicyclic amines) is 1. The maximum atomic E-state index is 13.2. The summed E-state index contributed by atoms with van der Waals surface area (Å²) in [6.45, 7) is 4.92. The maximum absolute atomic E-state index is 13.2. The molecule has 0 bridgehead atoms. The molecule has 2 aliphatic rings. The number of fused-ring (bicyclic) bond motifs is 1. The Morgan fingerprint density at radius 1 is 1.19 bits per heavy atom. The van der Waals surface area contributed by atoms with Crippen molar-refractivity contribution < 1.29 is 14.3 Å². The van der Waals surface area contributed by atoms with E-state index >= 15 is 0 Å². The molecule has 1 aromatic carbocycles. The molecule has 2 amide bonds. The van der Waals surface area contributed by atoms with E-state index in [0.717, 1.165) is 25.1 Å². The van der Waals surface area contributed by atoms with Gasteiger partial charge in [0, 0.05) is 30.9 Å². The van der Waals surface area contributed by atoms with Crippen molar-refractivity contribution in [2.45, 2.75) is 51.2 Å². The van der Waals surface area contributed by atoms with Gasteiger partial charge in [0.2, 0.25) is 12.0 Å². The minimum atomic E-state index is -0.786. The highest BCUT2D eigenvalue weighted by atomic mass is 16.5. The van der Waals surface area contributed by atoms with E-state index in [9.17, 15) is 9.59 Å². The van der Waals surface area contributed by atoms with Gasteiger partial charge in [0.25, 0.3) is 5.91 Å². The van der Waals surface area contributed by atoms with Crippen LogP contribution in [0.25, 0.3) is 0 Å². The molecule has 1 N–H and O–H groups in total. The molecule has 0 saturated carbocycles. The predicted molar refractivity (Wildman–Crippen MR) is 124 cm³/mol. The number of carbonyl (C=O) groups is 2. The lowest BCUT2D eigenvalue weighted by Crippen LogP contribution is -2.47. The summed E-state index contributed by atoms with van der Waals surface area (Å²) < 4.78 is 5.94. The SMILES string of the molecule is CC[C@H]1CCCCN1CCCNC(=O)CN1C(=O)[C@H](c2ccccc2)Oc2cccnc21. The second kappa shape index (κ2) is 10.6. The molecule has 170 valence electrons. The topological polar surface area (TPSA) is 74.8 Å². The van der Waals surface area contributed by atoms with Crippen LogP contribution >= 0.6 is 0 Å². The van der Waals surface area contributed by atoms with Crippen LogP contribution in [-0.2, 0) is 9.59 Å². The summed E-state index contributed by atoms with van der Waals surface area (Å²) in [7, 11) is 0. The van der Waals surface area contributed by atoms with E-state index in [2.05, 4.69) is 22.1 Å². The molecule has 0 aliphatic carbocycles. The Morgan fingerprint density at radius 3 is 2.84 bits per heavy atom. The smallest absolute Gasteiger partial charge is 0.274 e. The lowest BCUT2D eigenvalue weighted by molar-refractivity contribution is -0.129. The summed E-state index contributed by atoms with van der Waals surface area (Å²) in [6, 6.07) is 13.5. The second-order valence-corrected chi connectivity index (χ2v) is 8.46. The van der Waals surface area contributed by atoms with Crippen LogP contribution in [0.15, 0.2) is 48.7 Å². The van der Waals surface area contributed by atoms with Gasteiger partial charge in [-0.1, -0.05) is 43.7 Å². The number of hydrogen-bond acceptors (Lipinski definition) is 5. The standard InChI is InChI=1S/C25H32N4O3/c1-2-20-12-6-7-16-28(20)17-9-15-26-22(30)18-29-24-21(13-8-14-27-24)32-23(25(29)31)19-10-4-3-5-11-19/h3-5,8,10-11,13-14,20,23H,2,6-7,9,12,15-18H2,1H3,(H,26,30)/t20-,23-/m0/s1. The third kappa shape index (κ3) is 5.10. The number of aromatic nitrogens is 1. The third-order valence-electron chi connectivity index (χ3n) is 6.31. The summed E-state index contributed by atoms with van der Waals surface area (Å²) in [5.74, 6) is 0.425. The Bertz CT molecular complexity index is 920. The number of amides is 2. The number of rotatable bonds is 8. The summed E-state index contributed by atoms with van der Waals surface area (Å²) in [6.07, 6.45) is 6.76. The molecule has 2 atom stereocenters. The fourth-order valence-electron chi connectivity index (χ4n) is 4.62. The van der Waals surface area contributed by atoms with Crippen molar-refractivity contribution in [1.29, 1.82) is 0 Å². The van der Waals surface area contributed by atoms with Gasteiger partial charge in [-0.25, -0.2) is 4.98 Å². The van der Waals surface area contributed by atoms with Gasteiger partial charge < -0.3 is 15.0 Å². The molecular formula is C25H32N4O3. The van der Waals surface area contributed by atoms with E-state index < -0.39 is 6.10 Å². The number of nitrogens with zero attached hydrogens (tertiary/aromatic N) is 3. The molecule has 0 radical (unpaired) electrons. The van der Waals surface area contributed by atoms with Crippen LogP contribution in [0.4, 0.5) is 5.82 Å². The van der Waals surface area contributed by atoms with E-state index in [-0.39, 0.29) is 18.4 Å². The fourth-order valence-corrected chi connectivity index (χ4v) is 4.62. The fraction of sp³-hybridized carbons (Fsp3) is 0.480. The van der Waals surface area contributed by atoms with Gasteiger partial charge in [0.1, 0.15) is 6.54 Å². The summed E-state index contributed by atoms with van der Waals surface area (Å²) >= 11 is 0. The first-order valence-electron chi connectivity index (χ1n) is 11.7. The molecule has 1 fully saturated rings. The number of carbonyl (C=O) groups excluding carboxylic acids is 2. The molecule has 2 aromatic rings. The molecular weight excluding hydrogens is 404 g/mol. The zero-order chi connectivity index (χ0) is 22.3. The quantitative estimate of drug-likeness (QED) is 0.643. The Hall–Kier alpha value is -2.93. The number of nitrogens with one attached hydrogen (secondary N) is 1. The zero-order valence-corrected chi connectivity index (χ0v) is 18.7. The molecule has 0 spiro atoms. The molecule has 7 nitrogen and oxygen atoms in total. The Morgan fingerprint density at radius 2 is 2.03 bits per heavy atom. The lowest BCUT2D eigenvalue weighted by Gasteiger charge is -2.35. The molecule has 4 rings (SSSR count). The largest absolute Gasteiger partial charge is 0.472 e. The van der Waals surface area contributed by atoms with E-state index in [1.54, 1.807) is 18.3 Å². The van der Waals surface area contributed by atoms with Crippen molar-refractivity contribution in [3.8, 4) is 5.75 Å². The first-order valence-corrected chi connectivity index (χ1v) is 11.7. The van der Waals surface area contributed by atoms with Crippen LogP contribution in [0.2, 0.25) is 0 Å². The number of anilines is 1. The van der Waals surface area contributed by atoms with Gasteiger partial charge in [-0.2, -0.15) is 0 Å². The average Bonchev–Trinajstić information content (AvgIpc) is 2.84. The number of piperidine rings is 1. The monoisotopic (exact) mass is 436 g/mol. The van der Waals surface area contributed by atoms with Crippen molar-refractivity contribution in [2.24, 2.45) is 0 Å². The summed E-state index contributed by atoms with van der Waals surface area (Å²) in [5, 5.41) is 2.98. The van der Waals surface area contributed by atoms with Gasteiger partial charge in [-0.3, -0.25) is 14.5 Å². The van der Waals surface area contributed by atoms with Crippen molar-refractivity contribution in [1.82, 2.24) is 15.2 Å². The normalized spacial score (nSPS) is 21.0. The Labute approximate surface area is 189 Å². The molecule has 0 unspecified atom stereocenters. The molecule has 1 saturated heterocycles. The van der Waals surface area contributed by atoms with E-state index in [1.165, 1.54) is 30.6 Å². The highest BCUT2D eigenvalue weighted by molar-refractivity contribution is 6.03. The van der Waals surface area contributed by atoms with E-state index in [4.69, 9.17) is 4.74 Å². The van der Waals surface area contributed by atoms with Crippen molar-refractivity contribution in [2.75, 3.05) is 31.1 Å². The Kier molecular flexibility index (Phi) is 7.37. The maximum Gasteiger partial charge on any atom is 0.274 e. The Balaban J connectivity index is 1.35. The van der Waals surface area contributed by atoms with Crippen LogP contribution in [0.1, 0.15) is 50.7 Å². The van der Waals surface area contributed by atoms with Gasteiger partial charge >= 0.3 is 0 Å². The lowest BCUT2D eigenvalue weighted by atomic mass is 10.00. The predicted octanol–water partition coefficient (Wildman–Crippen LogP) is 3.32. The van der Waals surface area contributed by atoms with E-state index in [0.29, 0.717) is 24.2 Å². The van der Waals surface area contributed by atoms with Crippen LogP contribution in [-0.4, -0.2) is 53.9 Å². The van der Waals surface area contributed by atoms with Crippen molar-refractivity contribution >= 4 is 17.6 Å². The van der Waals surface area contributed by atoms with E-state index in [1.807, 2.05) is 30.3 Å². The molecule has 3 heterocycles. The highest BCUT2D eigenvalue weighted by Crippen LogP contribution is 2.36. The van der Waals surface area contributed by atoms with Crippen LogP contribution in [0, 0.1) is 0 Å². The number of pyridine rings is 1. The number of benzene rings is 1. The molecule has 7 heteroatoms. The minimum Gasteiger partial charge on any atom is -0.472 e. The zero-order valence-electron chi connectivity index (χ0n) is 18.7. The van der Waals surface area contributed by atoms with Gasteiger partial charge in [-0.15, -0.1) is 0 Å². The molecule has 32 heavy (non-hydrogen) atoms. The first kappa shape index (κ1) is 22.3. The third-order valence-corrected chi connectivity index (χ3v) is 6.31.